The van der Waals surface area contributed by atoms with Gasteiger partial charge in [-0.05, 0) is 36.2 Å². The zero-order chi connectivity index (χ0) is 16.9. The van der Waals surface area contributed by atoms with Crippen LogP contribution in [0.3, 0.4) is 0 Å². The first-order valence-corrected chi connectivity index (χ1v) is 7.48. The number of benzene rings is 1. The SMILES string of the molecule is CC(c1ccc(F)cc1)n1cc(C(=O)NCc2cccnc2)nn1. The van der Waals surface area contributed by atoms with Crippen LogP contribution in [0.5, 0.6) is 0 Å². The van der Waals surface area contributed by atoms with E-state index in [1.54, 1.807) is 35.4 Å². The van der Waals surface area contributed by atoms with E-state index in [-0.39, 0.29) is 23.5 Å². The minimum atomic E-state index is -0.309. The molecule has 1 amide bonds. The second-order valence-electron chi connectivity index (χ2n) is 5.36. The van der Waals surface area contributed by atoms with Crippen LogP contribution in [0.2, 0.25) is 0 Å². The molecule has 1 N–H and O–H groups in total. The van der Waals surface area contributed by atoms with Crippen LogP contribution in [0.4, 0.5) is 4.39 Å². The molecule has 24 heavy (non-hydrogen) atoms. The zero-order valence-corrected chi connectivity index (χ0v) is 13.1. The van der Waals surface area contributed by atoms with Crippen molar-refractivity contribution in [3.63, 3.8) is 0 Å². The van der Waals surface area contributed by atoms with Gasteiger partial charge in [-0.15, -0.1) is 5.10 Å². The summed E-state index contributed by atoms with van der Waals surface area (Å²) in [6.45, 7) is 2.27. The van der Waals surface area contributed by atoms with Gasteiger partial charge in [0, 0.05) is 18.9 Å². The third-order valence-electron chi connectivity index (χ3n) is 3.67. The molecule has 2 aromatic heterocycles. The van der Waals surface area contributed by atoms with E-state index in [0.29, 0.717) is 6.54 Å². The first kappa shape index (κ1) is 15.8. The van der Waals surface area contributed by atoms with Crippen LogP contribution >= 0.6 is 0 Å². The number of carbonyl (C=O) groups excluding carboxylic acids is 1. The molecule has 122 valence electrons. The third kappa shape index (κ3) is 3.62. The molecule has 0 radical (unpaired) electrons. The van der Waals surface area contributed by atoms with Gasteiger partial charge in [-0.25, -0.2) is 9.07 Å². The molecule has 0 aliphatic rings. The highest BCUT2D eigenvalue weighted by molar-refractivity contribution is 5.91. The largest absolute Gasteiger partial charge is 0.346 e. The van der Waals surface area contributed by atoms with Crippen molar-refractivity contribution in [2.24, 2.45) is 0 Å². The maximum absolute atomic E-state index is 13.0. The molecule has 0 aliphatic carbocycles. The first-order chi connectivity index (χ1) is 11.6. The molecule has 0 spiro atoms. The maximum atomic E-state index is 13.0. The summed E-state index contributed by atoms with van der Waals surface area (Å²) < 4.78 is 14.6. The van der Waals surface area contributed by atoms with Crippen molar-refractivity contribution < 1.29 is 9.18 Å². The van der Waals surface area contributed by atoms with Crippen LogP contribution in [0.15, 0.2) is 55.0 Å². The lowest BCUT2D eigenvalue weighted by molar-refractivity contribution is 0.0946. The minimum absolute atomic E-state index is 0.155. The topological polar surface area (TPSA) is 72.7 Å². The van der Waals surface area contributed by atoms with Crippen molar-refractivity contribution in [1.29, 1.82) is 0 Å². The molecule has 1 unspecified atom stereocenters. The van der Waals surface area contributed by atoms with Crippen molar-refractivity contribution in [2.45, 2.75) is 19.5 Å². The molecular formula is C17H16FN5O. The third-order valence-corrected chi connectivity index (χ3v) is 3.67. The molecule has 0 fully saturated rings. The van der Waals surface area contributed by atoms with Gasteiger partial charge in [0.15, 0.2) is 5.69 Å². The van der Waals surface area contributed by atoms with Crippen LogP contribution < -0.4 is 5.32 Å². The Morgan fingerprint density at radius 1 is 1.29 bits per heavy atom. The van der Waals surface area contributed by atoms with Gasteiger partial charge in [-0.1, -0.05) is 23.4 Å². The summed E-state index contributed by atoms with van der Waals surface area (Å²) >= 11 is 0. The van der Waals surface area contributed by atoms with Gasteiger partial charge in [0.05, 0.1) is 12.2 Å². The van der Waals surface area contributed by atoms with Crippen molar-refractivity contribution in [1.82, 2.24) is 25.3 Å². The number of pyridine rings is 1. The van der Waals surface area contributed by atoms with Gasteiger partial charge in [-0.2, -0.15) is 0 Å². The van der Waals surface area contributed by atoms with E-state index < -0.39 is 0 Å². The van der Waals surface area contributed by atoms with Gasteiger partial charge in [0.25, 0.3) is 5.91 Å². The summed E-state index contributed by atoms with van der Waals surface area (Å²) in [5, 5.41) is 10.7. The number of aromatic nitrogens is 4. The van der Waals surface area contributed by atoms with Crippen LogP contribution in [-0.2, 0) is 6.54 Å². The van der Waals surface area contributed by atoms with Crippen LogP contribution in [0.25, 0.3) is 0 Å². The quantitative estimate of drug-likeness (QED) is 0.781. The van der Waals surface area contributed by atoms with E-state index in [4.69, 9.17) is 0 Å². The smallest absolute Gasteiger partial charge is 0.273 e. The Labute approximate surface area is 138 Å². The van der Waals surface area contributed by atoms with E-state index in [0.717, 1.165) is 11.1 Å². The summed E-state index contributed by atoms with van der Waals surface area (Å²) in [6.07, 6.45) is 4.94. The van der Waals surface area contributed by atoms with E-state index >= 15 is 0 Å². The molecule has 3 rings (SSSR count). The second-order valence-corrected chi connectivity index (χ2v) is 5.36. The number of hydrogen-bond donors (Lipinski definition) is 1. The Hall–Kier alpha value is -3.09. The Bertz CT molecular complexity index is 817. The molecule has 0 saturated carbocycles. The predicted octanol–water partition coefficient (Wildman–Crippen LogP) is 2.35. The molecule has 1 aromatic carbocycles. The van der Waals surface area contributed by atoms with E-state index in [2.05, 4.69) is 20.6 Å². The number of halogens is 1. The van der Waals surface area contributed by atoms with Gasteiger partial charge in [0.2, 0.25) is 0 Å². The van der Waals surface area contributed by atoms with Crippen molar-refractivity contribution in [3.05, 3.63) is 77.6 Å². The fourth-order valence-electron chi connectivity index (χ4n) is 2.24. The Balaban J connectivity index is 1.66. The molecule has 2 heterocycles. The van der Waals surface area contributed by atoms with E-state index in [1.165, 1.54) is 12.1 Å². The highest BCUT2D eigenvalue weighted by Crippen LogP contribution is 2.17. The second kappa shape index (κ2) is 6.99. The normalized spacial score (nSPS) is 11.9. The molecule has 7 heteroatoms. The number of nitrogens with one attached hydrogen (secondary N) is 1. The molecule has 3 aromatic rings. The fourth-order valence-corrected chi connectivity index (χ4v) is 2.24. The summed E-state index contributed by atoms with van der Waals surface area (Å²) in [6, 6.07) is 9.68. The number of nitrogens with zero attached hydrogens (tertiary/aromatic N) is 4. The van der Waals surface area contributed by atoms with E-state index in [9.17, 15) is 9.18 Å². The highest BCUT2D eigenvalue weighted by atomic mass is 19.1. The lowest BCUT2D eigenvalue weighted by atomic mass is 10.1. The average molecular weight is 325 g/mol. The maximum Gasteiger partial charge on any atom is 0.273 e. The van der Waals surface area contributed by atoms with Gasteiger partial charge < -0.3 is 5.32 Å². The first-order valence-electron chi connectivity index (χ1n) is 7.48. The van der Waals surface area contributed by atoms with Crippen LogP contribution in [0.1, 0.15) is 34.6 Å². The van der Waals surface area contributed by atoms with Crippen molar-refractivity contribution >= 4 is 5.91 Å². The molecule has 6 nitrogen and oxygen atoms in total. The minimum Gasteiger partial charge on any atom is -0.346 e. The summed E-state index contributed by atoms with van der Waals surface area (Å²) in [5.41, 5.74) is 2.01. The highest BCUT2D eigenvalue weighted by Gasteiger charge is 2.14. The lowest BCUT2D eigenvalue weighted by Crippen LogP contribution is -2.23. The number of amides is 1. The van der Waals surface area contributed by atoms with E-state index in [1.807, 2.05) is 19.1 Å². The molecule has 0 aliphatic heterocycles. The summed E-state index contributed by atoms with van der Waals surface area (Å²) in [7, 11) is 0. The standard InChI is InChI=1S/C17H16FN5O/c1-12(14-4-6-15(18)7-5-14)23-11-16(21-22-23)17(24)20-10-13-3-2-8-19-9-13/h2-9,11-12H,10H2,1H3,(H,20,24). The van der Waals surface area contributed by atoms with Gasteiger partial charge in [0.1, 0.15) is 5.82 Å². The molecule has 1 atom stereocenters. The fraction of sp³-hybridized carbons (Fsp3) is 0.176. The Kier molecular flexibility index (Phi) is 4.60. The predicted molar refractivity (Wildman–Crippen MR) is 85.6 cm³/mol. The van der Waals surface area contributed by atoms with Gasteiger partial charge in [-0.3, -0.25) is 9.78 Å². The molecular weight excluding hydrogens is 309 g/mol. The molecule has 0 saturated heterocycles. The zero-order valence-electron chi connectivity index (χ0n) is 13.1. The van der Waals surface area contributed by atoms with Crippen molar-refractivity contribution in [3.8, 4) is 0 Å². The Morgan fingerprint density at radius 3 is 2.79 bits per heavy atom. The number of rotatable bonds is 5. The summed E-state index contributed by atoms with van der Waals surface area (Å²) in [4.78, 5) is 16.1. The van der Waals surface area contributed by atoms with Crippen LogP contribution in [0, 0.1) is 5.82 Å². The lowest BCUT2D eigenvalue weighted by Gasteiger charge is -2.11. The van der Waals surface area contributed by atoms with Gasteiger partial charge >= 0.3 is 0 Å². The number of carbonyl (C=O) groups is 1. The molecule has 0 bridgehead atoms. The summed E-state index contributed by atoms with van der Waals surface area (Å²) in [5.74, 6) is -0.601. The average Bonchev–Trinajstić information content (AvgIpc) is 3.11. The monoisotopic (exact) mass is 325 g/mol. The number of hydrogen-bond acceptors (Lipinski definition) is 4. The Morgan fingerprint density at radius 2 is 2.08 bits per heavy atom. The van der Waals surface area contributed by atoms with Crippen LogP contribution in [-0.4, -0.2) is 25.9 Å². The van der Waals surface area contributed by atoms with Crippen molar-refractivity contribution in [2.75, 3.05) is 0 Å².